The second-order valence-corrected chi connectivity index (χ2v) is 1.76. The van der Waals surface area contributed by atoms with Gasteiger partial charge in [0, 0.05) is 0 Å². The lowest BCUT2D eigenvalue weighted by molar-refractivity contribution is 0.490. The smallest absolute Gasteiger partial charge is 0.117 e. The minimum atomic E-state index is 0.737. The predicted octanol–water partition coefficient (Wildman–Crippen LogP) is 1.20. The van der Waals surface area contributed by atoms with Crippen LogP contribution in [0.3, 0.4) is 0 Å². The molecule has 1 radical (unpaired) electrons. The SMILES string of the molecule is [CH2]CNCc1ccco1. The highest BCUT2D eigenvalue weighted by molar-refractivity contribution is 4.97. The van der Waals surface area contributed by atoms with Crippen molar-refractivity contribution in [3.63, 3.8) is 0 Å². The van der Waals surface area contributed by atoms with E-state index in [-0.39, 0.29) is 0 Å². The van der Waals surface area contributed by atoms with Crippen molar-refractivity contribution in [2.45, 2.75) is 6.54 Å². The number of hydrogen-bond donors (Lipinski definition) is 1. The highest BCUT2D eigenvalue weighted by Crippen LogP contribution is 1.97. The fourth-order valence-electron chi connectivity index (χ4n) is 0.625. The van der Waals surface area contributed by atoms with Crippen molar-refractivity contribution in [1.29, 1.82) is 0 Å². The largest absolute Gasteiger partial charge is 0.468 e. The van der Waals surface area contributed by atoms with Gasteiger partial charge in [-0.05, 0) is 25.6 Å². The standard InChI is InChI=1S/C7H10NO/c1-2-8-6-7-4-3-5-9-7/h3-5,8H,1-2,6H2. The fourth-order valence-corrected chi connectivity index (χ4v) is 0.625. The Bertz CT molecular complexity index is 146. The van der Waals surface area contributed by atoms with E-state index in [4.69, 9.17) is 4.42 Å². The molecule has 1 rings (SSSR count). The molecule has 0 amide bonds. The Hall–Kier alpha value is -0.760. The van der Waals surface area contributed by atoms with Gasteiger partial charge in [-0.3, -0.25) is 0 Å². The van der Waals surface area contributed by atoms with E-state index in [1.54, 1.807) is 6.26 Å². The summed E-state index contributed by atoms with van der Waals surface area (Å²) in [4.78, 5) is 0. The van der Waals surface area contributed by atoms with Crippen LogP contribution in [-0.2, 0) is 6.54 Å². The van der Waals surface area contributed by atoms with Gasteiger partial charge in [-0.1, -0.05) is 0 Å². The summed E-state index contributed by atoms with van der Waals surface area (Å²) in [6, 6.07) is 3.81. The van der Waals surface area contributed by atoms with E-state index in [2.05, 4.69) is 12.2 Å². The molecule has 0 atom stereocenters. The first-order valence-electron chi connectivity index (χ1n) is 2.96. The number of furan rings is 1. The van der Waals surface area contributed by atoms with Crippen molar-refractivity contribution < 1.29 is 4.42 Å². The first-order valence-corrected chi connectivity index (χ1v) is 2.96. The van der Waals surface area contributed by atoms with E-state index in [1.807, 2.05) is 12.1 Å². The summed E-state index contributed by atoms with van der Waals surface area (Å²) in [5, 5.41) is 3.05. The van der Waals surface area contributed by atoms with Crippen LogP contribution in [0.15, 0.2) is 22.8 Å². The molecular formula is C7H10NO. The predicted molar refractivity (Wildman–Crippen MR) is 35.8 cm³/mol. The first kappa shape index (κ1) is 6.36. The Balaban J connectivity index is 2.30. The van der Waals surface area contributed by atoms with Gasteiger partial charge in [0.05, 0.1) is 12.8 Å². The molecule has 9 heavy (non-hydrogen) atoms. The van der Waals surface area contributed by atoms with E-state index in [0.29, 0.717) is 0 Å². The third-order valence-electron chi connectivity index (χ3n) is 1.06. The maximum absolute atomic E-state index is 5.05. The lowest BCUT2D eigenvalue weighted by Gasteiger charge is -1.94. The van der Waals surface area contributed by atoms with Crippen LogP contribution >= 0.6 is 0 Å². The Kier molecular flexibility index (Phi) is 2.33. The van der Waals surface area contributed by atoms with Crippen LogP contribution in [0.25, 0.3) is 0 Å². The van der Waals surface area contributed by atoms with E-state index >= 15 is 0 Å². The van der Waals surface area contributed by atoms with Gasteiger partial charge in [-0.25, -0.2) is 0 Å². The highest BCUT2D eigenvalue weighted by Gasteiger charge is 1.89. The third-order valence-corrected chi connectivity index (χ3v) is 1.06. The summed E-state index contributed by atoms with van der Waals surface area (Å²) in [5.74, 6) is 0.957. The molecule has 0 aromatic carbocycles. The van der Waals surface area contributed by atoms with E-state index in [1.165, 1.54) is 0 Å². The Morgan fingerprint density at radius 2 is 2.56 bits per heavy atom. The zero-order chi connectivity index (χ0) is 6.53. The lowest BCUT2D eigenvalue weighted by atomic mass is 10.4. The van der Waals surface area contributed by atoms with Crippen molar-refractivity contribution in [3.05, 3.63) is 31.1 Å². The summed E-state index contributed by atoms with van der Waals surface area (Å²) in [6.45, 7) is 5.14. The van der Waals surface area contributed by atoms with Crippen LogP contribution in [0.4, 0.5) is 0 Å². The molecule has 1 heterocycles. The quantitative estimate of drug-likeness (QED) is 0.655. The van der Waals surface area contributed by atoms with Gasteiger partial charge < -0.3 is 9.73 Å². The molecular weight excluding hydrogens is 114 g/mol. The molecule has 0 saturated carbocycles. The van der Waals surface area contributed by atoms with Crippen molar-refractivity contribution in [3.8, 4) is 0 Å². The highest BCUT2D eigenvalue weighted by atomic mass is 16.3. The minimum absolute atomic E-state index is 0.737. The summed E-state index contributed by atoms with van der Waals surface area (Å²) < 4.78 is 5.05. The first-order chi connectivity index (χ1) is 4.43. The maximum atomic E-state index is 5.05. The zero-order valence-electron chi connectivity index (χ0n) is 5.26. The molecule has 0 aliphatic rings. The Morgan fingerprint density at radius 1 is 1.67 bits per heavy atom. The average molecular weight is 124 g/mol. The molecule has 0 spiro atoms. The monoisotopic (exact) mass is 124 g/mol. The lowest BCUT2D eigenvalue weighted by Crippen LogP contribution is -2.10. The van der Waals surface area contributed by atoms with Crippen LogP contribution in [0.1, 0.15) is 5.76 Å². The van der Waals surface area contributed by atoms with Crippen LogP contribution in [0.2, 0.25) is 0 Å². The van der Waals surface area contributed by atoms with E-state index < -0.39 is 0 Å². The molecule has 49 valence electrons. The summed E-state index contributed by atoms with van der Waals surface area (Å²) in [6.07, 6.45) is 1.67. The average Bonchev–Trinajstić information content (AvgIpc) is 2.34. The minimum Gasteiger partial charge on any atom is -0.468 e. The molecule has 0 saturated heterocycles. The van der Waals surface area contributed by atoms with Gasteiger partial charge in [0.25, 0.3) is 0 Å². The van der Waals surface area contributed by atoms with Gasteiger partial charge in [0.2, 0.25) is 0 Å². The molecule has 0 fully saturated rings. The van der Waals surface area contributed by atoms with Gasteiger partial charge in [-0.2, -0.15) is 0 Å². The molecule has 0 aliphatic carbocycles. The molecule has 2 heteroatoms. The third kappa shape index (κ3) is 1.90. The second kappa shape index (κ2) is 3.30. The van der Waals surface area contributed by atoms with E-state index in [9.17, 15) is 0 Å². The van der Waals surface area contributed by atoms with Crippen molar-refractivity contribution >= 4 is 0 Å². The normalized spacial score (nSPS) is 9.89. The summed E-state index contributed by atoms with van der Waals surface area (Å²) >= 11 is 0. The summed E-state index contributed by atoms with van der Waals surface area (Å²) in [7, 11) is 0. The molecule has 2 nitrogen and oxygen atoms in total. The molecule has 0 unspecified atom stereocenters. The topological polar surface area (TPSA) is 25.2 Å². The molecule has 0 aliphatic heterocycles. The summed E-state index contributed by atoms with van der Waals surface area (Å²) in [5.41, 5.74) is 0. The molecule has 0 bridgehead atoms. The molecule has 1 N–H and O–H groups in total. The van der Waals surface area contributed by atoms with Gasteiger partial charge in [0.1, 0.15) is 5.76 Å². The molecule has 1 aromatic rings. The van der Waals surface area contributed by atoms with E-state index in [0.717, 1.165) is 18.8 Å². The van der Waals surface area contributed by atoms with Gasteiger partial charge >= 0.3 is 0 Å². The van der Waals surface area contributed by atoms with Crippen LogP contribution in [0, 0.1) is 6.92 Å². The van der Waals surface area contributed by atoms with Crippen LogP contribution in [-0.4, -0.2) is 6.54 Å². The van der Waals surface area contributed by atoms with Crippen molar-refractivity contribution in [2.24, 2.45) is 0 Å². The van der Waals surface area contributed by atoms with Gasteiger partial charge in [-0.15, -0.1) is 0 Å². The Morgan fingerprint density at radius 3 is 3.11 bits per heavy atom. The Labute approximate surface area is 54.9 Å². The van der Waals surface area contributed by atoms with Crippen LogP contribution < -0.4 is 5.32 Å². The van der Waals surface area contributed by atoms with Gasteiger partial charge in [0.15, 0.2) is 0 Å². The van der Waals surface area contributed by atoms with Crippen LogP contribution in [0.5, 0.6) is 0 Å². The number of nitrogens with one attached hydrogen (secondary N) is 1. The number of hydrogen-bond acceptors (Lipinski definition) is 2. The number of rotatable bonds is 3. The fraction of sp³-hybridized carbons (Fsp3) is 0.286. The van der Waals surface area contributed by atoms with Crippen molar-refractivity contribution in [2.75, 3.05) is 6.54 Å². The second-order valence-electron chi connectivity index (χ2n) is 1.76. The zero-order valence-corrected chi connectivity index (χ0v) is 5.26. The maximum Gasteiger partial charge on any atom is 0.117 e. The van der Waals surface area contributed by atoms with Crippen molar-refractivity contribution in [1.82, 2.24) is 5.32 Å². The molecule has 1 aromatic heterocycles.